The first-order valence-electron chi connectivity index (χ1n) is 9.44. The highest BCUT2D eigenvalue weighted by molar-refractivity contribution is 7.89. The minimum Gasteiger partial charge on any atom is -0.464 e. The SMILES string of the molecule is CCCN([C@@H](C)C(=O)c1c(C)c(C(=O)OC)n(C)c1C)S(=O)(=O)c1ccccc1. The maximum atomic E-state index is 13.4. The lowest BCUT2D eigenvalue weighted by Crippen LogP contribution is -2.44. The summed E-state index contributed by atoms with van der Waals surface area (Å²) in [6.45, 7) is 7.06. The van der Waals surface area contributed by atoms with Crippen molar-refractivity contribution in [1.29, 1.82) is 0 Å². The van der Waals surface area contributed by atoms with Crippen molar-refractivity contribution in [2.75, 3.05) is 13.7 Å². The van der Waals surface area contributed by atoms with Crippen molar-refractivity contribution in [2.24, 2.45) is 7.05 Å². The molecule has 7 nitrogen and oxygen atoms in total. The summed E-state index contributed by atoms with van der Waals surface area (Å²) < 4.78 is 34.0. The number of rotatable bonds is 8. The van der Waals surface area contributed by atoms with Gasteiger partial charge in [-0.25, -0.2) is 13.2 Å². The summed E-state index contributed by atoms with van der Waals surface area (Å²) in [6, 6.07) is 7.15. The Morgan fingerprint density at radius 3 is 2.28 bits per heavy atom. The van der Waals surface area contributed by atoms with E-state index in [-0.39, 0.29) is 22.9 Å². The van der Waals surface area contributed by atoms with Crippen molar-refractivity contribution in [3.05, 3.63) is 52.8 Å². The number of hydrogen-bond acceptors (Lipinski definition) is 5. The first kappa shape index (κ1) is 22.8. The Morgan fingerprint density at radius 2 is 1.76 bits per heavy atom. The van der Waals surface area contributed by atoms with E-state index in [9.17, 15) is 18.0 Å². The van der Waals surface area contributed by atoms with E-state index in [1.54, 1.807) is 50.6 Å². The molecule has 0 aliphatic heterocycles. The number of sulfonamides is 1. The number of benzene rings is 1. The lowest BCUT2D eigenvalue weighted by atomic mass is 10.0. The molecule has 158 valence electrons. The number of hydrogen-bond donors (Lipinski definition) is 0. The maximum Gasteiger partial charge on any atom is 0.354 e. The zero-order valence-electron chi connectivity index (χ0n) is 17.7. The van der Waals surface area contributed by atoms with Crippen molar-refractivity contribution < 1.29 is 22.7 Å². The molecule has 1 atom stereocenters. The fourth-order valence-electron chi connectivity index (χ4n) is 3.54. The predicted molar refractivity (Wildman–Crippen MR) is 111 cm³/mol. The third-order valence-electron chi connectivity index (χ3n) is 5.16. The minimum atomic E-state index is -3.85. The fraction of sp³-hybridized carbons (Fsp3) is 0.429. The van der Waals surface area contributed by atoms with Crippen LogP contribution < -0.4 is 0 Å². The van der Waals surface area contributed by atoms with Gasteiger partial charge in [0.05, 0.1) is 18.0 Å². The van der Waals surface area contributed by atoms with Crippen LogP contribution in [0.15, 0.2) is 35.2 Å². The van der Waals surface area contributed by atoms with E-state index in [1.807, 2.05) is 6.92 Å². The van der Waals surface area contributed by atoms with Gasteiger partial charge in [-0.05, 0) is 44.9 Å². The Morgan fingerprint density at radius 1 is 1.17 bits per heavy atom. The van der Waals surface area contributed by atoms with Gasteiger partial charge in [0.25, 0.3) is 0 Å². The van der Waals surface area contributed by atoms with Gasteiger partial charge in [-0.15, -0.1) is 0 Å². The standard InChI is InChI=1S/C21H28N2O5S/c1-7-13-23(29(26,27)17-11-9-8-10-12-17)16(4)20(24)18-14(2)19(21(25)28-6)22(5)15(18)3/h8-12,16H,7,13H2,1-6H3/t16-/m0/s1. The van der Waals surface area contributed by atoms with Crippen LogP contribution in [0.5, 0.6) is 0 Å². The largest absolute Gasteiger partial charge is 0.464 e. The lowest BCUT2D eigenvalue weighted by Gasteiger charge is -2.27. The molecule has 8 heteroatoms. The van der Waals surface area contributed by atoms with Crippen LogP contribution >= 0.6 is 0 Å². The number of methoxy groups -OCH3 is 1. The van der Waals surface area contributed by atoms with Crippen LogP contribution in [0.3, 0.4) is 0 Å². The number of ether oxygens (including phenoxy) is 1. The highest BCUT2D eigenvalue weighted by Gasteiger charge is 2.35. The number of nitrogens with zero attached hydrogens (tertiary/aromatic N) is 2. The van der Waals surface area contributed by atoms with E-state index < -0.39 is 22.0 Å². The second-order valence-electron chi connectivity index (χ2n) is 6.95. The normalized spacial score (nSPS) is 12.8. The molecule has 2 rings (SSSR count). The summed E-state index contributed by atoms with van der Waals surface area (Å²) in [4.78, 5) is 25.7. The van der Waals surface area contributed by atoms with Crippen LogP contribution in [0.2, 0.25) is 0 Å². The molecule has 1 aromatic carbocycles. The smallest absolute Gasteiger partial charge is 0.354 e. The first-order valence-corrected chi connectivity index (χ1v) is 10.9. The van der Waals surface area contributed by atoms with Gasteiger partial charge in [0.2, 0.25) is 10.0 Å². The monoisotopic (exact) mass is 420 g/mol. The fourth-order valence-corrected chi connectivity index (χ4v) is 5.24. The summed E-state index contributed by atoms with van der Waals surface area (Å²) in [5, 5.41) is 0. The van der Waals surface area contributed by atoms with Crippen molar-refractivity contribution >= 4 is 21.8 Å². The van der Waals surface area contributed by atoms with Crippen LogP contribution in [-0.2, 0) is 21.8 Å². The molecule has 0 bridgehead atoms. The molecule has 0 aliphatic rings. The van der Waals surface area contributed by atoms with Gasteiger partial charge >= 0.3 is 5.97 Å². The molecule has 0 fully saturated rings. The Bertz CT molecular complexity index is 1010. The van der Waals surface area contributed by atoms with Crippen molar-refractivity contribution in [2.45, 2.75) is 45.1 Å². The Labute approximate surface area is 172 Å². The van der Waals surface area contributed by atoms with Gasteiger partial charge in [0, 0.05) is 24.8 Å². The van der Waals surface area contributed by atoms with Crippen LogP contribution in [0.1, 0.15) is 52.4 Å². The highest BCUT2D eigenvalue weighted by Crippen LogP contribution is 2.26. The van der Waals surface area contributed by atoms with Crippen molar-refractivity contribution in [3.8, 4) is 0 Å². The molecule has 0 saturated carbocycles. The van der Waals surface area contributed by atoms with E-state index in [0.717, 1.165) is 0 Å². The molecule has 0 spiro atoms. The van der Waals surface area contributed by atoms with E-state index in [1.165, 1.54) is 23.5 Å². The Balaban J connectivity index is 2.53. The van der Waals surface area contributed by atoms with Crippen molar-refractivity contribution in [1.82, 2.24) is 8.87 Å². The molecule has 1 aromatic heterocycles. The number of esters is 1. The van der Waals surface area contributed by atoms with E-state index in [4.69, 9.17) is 4.74 Å². The Hall–Kier alpha value is -2.45. The molecule has 0 amide bonds. The zero-order valence-corrected chi connectivity index (χ0v) is 18.5. The highest BCUT2D eigenvalue weighted by atomic mass is 32.2. The van der Waals surface area contributed by atoms with Crippen LogP contribution in [0.25, 0.3) is 0 Å². The summed E-state index contributed by atoms with van der Waals surface area (Å²) in [5.74, 6) is -0.888. The quantitative estimate of drug-likeness (QED) is 0.484. The van der Waals surface area contributed by atoms with Crippen molar-refractivity contribution in [3.63, 3.8) is 0 Å². The zero-order chi connectivity index (χ0) is 21.9. The second kappa shape index (κ2) is 8.92. The summed E-state index contributed by atoms with van der Waals surface area (Å²) in [5.41, 5.74) is 1.72. The maximum absolute atomic E-state index is 13.4. The van der Waals surface area contributed by atoms with E-state index in [0.29, 0.717) is 23.2 Å². The number of carbonyl (C=O) groups excluding carboxylic acids is 2. The van der Waals surface area contributed by atoms with Gasteiger partial charge in [-0.1, -0.05) is 25.1 Å². The second-order valence-corrected chi connectivity index (χ2v) is 8.84. The van der Waals surface area contributed by atoms with E-state index in [2.05, 4.69) is 0 Å². The molecule has 0 aliphatic carbocycles. The molecular formula is C21H28N2O5S. The van der Waals surface area contributed by atoms with Crippen LogP contribution in [0.4, 0.5) is 0 Å². The number of aromatic nitrogens is 1. The predicted octanol–water partition coefficient (Wildman–Crippen LogP) is 3.10. The number of Topliss-reactive ketones (excluding diaryl/α,β-unsaturated/α-hetero) is 1. The summed E-state index contributed by atoms with van der Waals surface area (Å²) >= 11 is 0. The van der Waals surface area contributed by atoms with Gasteiger partial charge < -0.3 is 9.30 Å². The average molecular weight is 421 g/mol. The van der Waals surface area contributed by atoms with Crippen LogP contribution in [-0.4, -0.2) is 48.7 Å². The molecule has 0 N–H and O–H groups in total. The molecule has 29 heavy (non-hydrogen) atoms. The Kier molecular flexibility index (Phi) is 7.02. The van der Waals surface area contributed by atoms with Gasteiger partial charge in [0.1, 0.15) is 5.69 Å². The lowest BCUT2D eigenvalue weighted by molar-refractivity contribution is 0.0588. The average Bonchev–Trinajstić information content (AvgIpc) is 2.93. The molecule has 0 radical (unpaired) electrons. The number of ketones is 1. The topological polar surface area (TPSA) is 85.7 Å². The molecule has 1 heterocycles. The van der Waals surface area contributed by atoms with Crippen LogP contribution in [0, 0.1) is 13.8 Å². The summed E-state index contributed by atoms with van der Waals surface area (Å²) in [7, 11) is -0.889. The van der Waals surface area contributed by atoms with E-state index >= 15 is 0 Å². The molecule has 2 aromatic rings. The number of carbonyl (C=O) groups is 2. The third kappa shape index (κ3) is 4.13. The van der Waals surface area contributed by atoms with Gasteiger partial charge in [-0.3, -0.25) is 4.79 Å². The van der Waals surface area contributed by atoms with Gasteiger partial charge in [0.15, 0.2) is 5.78 Å². The molecule has 0 saturated heterocycles. The summed E-state index contributed by atoms with van der Waals surface area (Å²) in [6.07, 6.45) is 0.559. The third-order valence-corrected chi connectivity index (χ3v) is 7.15. The minimum absolute atomic E-state index is 0.143. The first-order chi connectivity index (χ1) is 13.6. The molecule has 0 unspecified atom stereocenters. The van der Waals surface area contributed by atoms with Gasteiger partial charge in [-0.2, -0.15) is 4.31 Å². The molecular weight excluding hydrogens is 392 g/mol.